The average molecular weight is 200 g/mol. The van der Waals surface area contributed by atoms with E-state index in [9.17, 15) is 4.39 Å². The Bertz CT molecular complexity index is 438. The molecular weight excluding hydrogens is 193 g/mol. The lowest BCUT2D eigenvalue weighted by Gasteiger charge is -1.92. The Hall–Kier alpha value is -1.16. The summed E-state index contributed by atoms with van der Waals surface area (Å²) < 4.78 is 12.7. The zero-order valence-corrected chi connectivity index (χ0v) is 7.64. The first-order valence-electron chi connectivity index (χ1n) is 3.82. The third-order valence-corrected chi connectivity index (χ3v) is 1.91. The number of imidazole rings is 1. The molecule has 2 aromatic heterocycles. The van der Waals surface area contributed by atoms with Crippen LogP contribution in [0.4, 0.5) is 4.39 Å². The summed E-state index contributed by atoms with van der Waals surface area (Å²) in [6, 6.07) is 1.35. The van der Waals surface area contributed by atoms with Crippen molar-refractivity contribution in [1.29, 1.82) is 0 Å². The van der Waals surface area contributed by atoms with Crippen LogP contribution < -0.4 is 0 Å². The lowest BCUT2D eigenvalue weighted by molar-refractivity contribution is 0.624. The standard InChI is InChI=1S/C8H7ClFN3/c1-4(9)7-12-6-2-5(10)3-11-8(6)13-7/h2-4H,1H3,(H,11,12,13). The van der Waals surface area contributed by atoms with E-state index in [2.05, 4.69) is 15.0 Å². The van der Waals surface area contributed by atoms with Gasteiger partial charge in [0.2, 0.25) is 0 Å². The Morgan fingerprint density at radius 3 is 3.08 bits per heavy atom. The quantitative estimate of drug-likeness (QED) is 0.717. The highest BCUT2D eigenvalue weighted by Gasteiger charge is 2.08. The zero-order chi connectivity index (χ0) is 9.42. The summed E-state index contributed by atoms with van der Waals surface area (Å²) in [5.41, 5.74) is 1.06. The van der Waals surface area contributed by atoms with Crippen LogP contribution in [0.5, 0.6) is 0 Å². The number of alkyl halides is 1. The number of pyridine rings is 1. The van der Waals surface area contributed by atoms with Gasteiger partial charge in [0.15, 0.2) is 5.65 Å². The molecule has 2 rings (SSSR count). The highest BCUT2D eigenvalue weighted by Crippen LogP contribution is 2.19. The number of hydrogen-bond donors (Lipinski definition) is 1. The van der Waals surface area contributed by atoms with Gasteiger partial charge in [-0.25, -0.2) is 14.4 Å². The maximum atomic E-state index is 12.7. The fourth-order valence-corrected chi connectivity index (χ4v) is 1.18. The molecule has 1 N–H and O–H groups in total. The van der Waals surface area contributed by atoms with Gasteiger partial charge in [-0.2, -0.15) is 0 Å². The number of nitrogens with one attached hydrogen (secondary N) is 1. The number of hydrogen-bond acceptors (Lipinski definition) is 2. The van der Waals surface area contributed by atoms with Crippen LogP contribution in [0.15, 0.2) is 12.3 Å². The molecule has 3 nitrogen and oxygen atoms in total. The Morgan fingerprint density at radius 2 is 2.38 bits per heavy atom. The number of fused-ring (bicyclic) bond motifs is 1. The van der Waals surface area contributed by atoms with Gasteiger partial charge in [0.1, 0.15) is 11.6 Å². The minimum Gasteiger partial charge on any atom is -0.339 e. The largest absolute Gasteiger partial charge is 0.339 e. The van der Waals surface area contributed by atoms with Crippen LogP contribution in [-0.4, -0.2) is 15.0 Å². The molecule has 0 aliphatic heterocycles. The first-order chi connectivity index (χ1) is 6.16. The second kappa shape index (κ2) is 2.96. The third kappa shape index (κ3) is 1.49. The fourth-order valence-electron chi connectivity index (χ4n) is 1.08. The van der Waals surface area contributed by atoms with Crippen molar-refractivity contribution in [1.82, 2.24) is 15.0 Å². The molecule has 0 radical (unpaired) electrons. The van der Waals surface area contributed by atoms with E-state index < -0.39 is 0 Å². The SMILES string of the molecule is CC(Cl)c1nc2ncc(F)cc2[nH]1. The Labute approximate surface area is 79.0 Å². The number of nitrogens with zero attached hydrogens (tertiary/aromatic N) is 2. The van der Waals surface area contributed by atoms with Gasteiger partial charge in [-0.15, -0.1) is 11.6 Å². The van der Waals surface area contributed by atoms with Crippen LogP contribution in [0.25, 0.3) is 11.2 Å². The molecule has 0 saturated heterocycles. The number of aromatic nitrogens is 3. The summed E-state index contributed by atoms with van der Waals surface area (Å²) in [6.07, 6.45) is 1.13. The van der Waals surface area contributed by atoms with Gasteiger partial charge in [-0.3, -0.25) is 0 Å². The Balaban J connectivity index is 2.62. The van der Waals surface area contributed by atoms with Crippen molar-refractivity contribution in [2.24, 2.45) is 0 Å². The third-order valence-electron chi connectivity index (χ3n) is 1.70. The predicted molar refractivity (Wildman–Crippen MR) is 48.1 cm³/mol. The molecule has 0 fully saturated rings. The van der Waals surface area contributed by atoms with E-state index in [1.807, 2.05) is 0 Å². The number of H-pyrrole nitrogens is 1. The second-order valence-electron chi connectivity index (χ2n) is 2.76. The van der Waals surface area contributed by atoms with Gasteiger partial charge < -0.3 is 4.98 Å². The van der Waals surface area contributed by atoms with E-state index in [0.29, 0.717) is 17.0 Å². The van der Waals surface area contributed by atoms with Crippen LogP contribution in [-0.2, 0) is 0 Å². The predicted octanol–water partition coefficient (Wildman–Crippen LogP) is 2.40. The van der Waals surface area contributed by atoms with Crippen molar-refractivity contribution in [3.8, 4) is 0 Å². The molecule has 1 atom stereocenters. The molecule has 0 aliphatic carbocycles. The zero-order valence-electron chi connectivity index (χ0n) is 6.88. The summed E-state index contributed by atoms with van der Waals surface area (Å²) in [5.74, 6) is 0.222. The highest BCUT2D eigenvalue weighted by atomic mass is 35.5. The molecule has 68 valence electrons. The maximum Gasteiger partial charge on any atom is 0.177 e. The van der Waals surface area contributed by atoms with Gasteiger partial charge >= 0.3 is 0 Å². The van der Waals surface area contributed by atoms with Crippen molar-refractivity contribution in [3.63, 3.8) is 0 Å². The minimum absolute atomic E-state index is 0.225. The number of halogens is 2. The van der Waals surface area contributed by atoms with E-state index in [1.54, 1.807) is 6.92 Å². The van der Waals surface area contributed by atoms with Crippen LogP contribution in [0.2, 0.25) is 0 Å². The van der Waals surface area contributed by atoms with Gasteiger partial charge in [-0.1, -0.05) is 0 Å². The molecule has 0 aliphatic rings. The molecule has 0 aromatic carbocycles. The first kappa shape index (κ1) is 8.44. The van der Waals surface area contributed by atoms with Crippen molar-refractivity contribution >= 4 is 22.8 Å². The van der Waals surface area contributed by atoms with Gasteiger partial charge in [0.05, 0.1) is 17.1 Å². The van der Waals surface area contributed by atoms with Crippen molar-refractivity contribution < 1.29 is 4.39 Å². The lowest BCUT2D eigenvalue weighted by Crippen LogP contribution is -1.85. The smallest absolute Gasteiger partial charge is 0.177 e. The summed E-state index contributed by atoms with van der Waals surface area (Å²) in [5, 5.41) is -0.225. The number of rotatable bonds is 1. The normalized spacial score (nSPS) is 13.5. The van der Waals surface area contributed by atoms with Gasteiger partial charge in [0.25, 0.3) is 0 Å². The monoisotopic (exact) mass is 199 g/mol. The lowest BCUT2D eigenvalue weighted by atomic mass is 10.4. The summed E-state index contributed by atoms with van der Waals surface area (Å²) in [4.78, 5) is 10.8. The van der Waals surface area contributed by atoms with Crippen LogP contribution in [0.1, 0.15) is 18.1 Å². The summed E-state index contributed by atoms with van der Waals surface area (Å²) in [7, 11) is 0. The molecule has 2 aromatic rings. The number of aromatic amines is 1. The van der Waals surface area contributed by atoms with Crippen molar-refractivity contribution in [3.05, 3.63) is 23.9 Å². The maximum absolute atomic E-state index is 12.7. The van der Waals surface area contributed by atoms with E-state index in [-0.39, 0.29) is 11.2 Å². The summed E-state index contributed by atoms with van der Waals surface area (Å²) >= 11 is 5.80. The molecule has 2 heterocycles. The minimum atomic E-state index is -0.384. The van der Waals surface area contributed by atoms with Crippen LogP contribution in [0, 0.1) is 5.82 Å². The van der Waals surface area contributed by atoms with E-state index in [1.165, 1.54) is 6.07 Å². The summed E-state index contributed by atoms with van der Waals surface area (Å²) in [6.45, 7) is 1.79. The molecule has 0 spiro atoms. The molecule has 1 unspecified atom stereocenters. The van der Waals surface area contributed by atoms with Gasteiger partial charge in [-0.05, 0) is 6.92 Å². The molecular formula is C8H7ClFN3. The Morgan fingerprint density at radius 1 is 1.62 bits per heavy atom. The Kier molecular flexibility index (Phi) is 1.92. The molecule has 13 heavy (non-hydrogen) atoms. The average Bonchev–Trinajstić information content (AvgIpc) is 2.46. The molecule has 0 amide bonds. The van der Waals surface area contributed by atoms with E-state index in [0.717, 1.165) is 6.20 Å². The van der Waals surface area contributed by atoms with Crippen molar-refractivity contribution in [2.45, 2.75) is 12.3 Å². The van der Waals surface area contributed by atoms with Crippen LogP contribution in [0.3, 0.4) is 0 Å². The topological polar surface area (TPSA) is 41.6 Å². The first-order valence-corrected chi connectivity index (χ1v) is 4.25. The van der Waals surface area contributed by atoms with E-state index >= 15 is 0 Å². The second-order valence-corrected chi connectivity index (χ2v) is 3.42. The molecule has 0 bridgehead atoms. The molecule has 5 heteroatoms. The van der Waals surface area contributed by atoms with Crippen LogP contribution >= 0.6 is 11.6 Å². The van der Waals surface area contributed by atoms with E-state index in [4.69, 9.17) is 11.6 Å². The van der Waals surface area contributed by atoms with Gasteiger partial charge in [0, 0.05) is 6.07 Å². The fraction of sp³-hybridized carbons (Fsp3) is 0.250. The highest BCUT2D eigenvalue weighted by molar-refractivity contribution is 6.20. The molecule has 0 saturated carbocycles. The van der Waals surface area contributed by atoms with Crippen molar-refractivity contribution in [2.75, 3.05) is 0 Å².